The van der Waals surface area contributed by atoms with Crippen molar-refractivity contribution >= 4 is 51.1 Å². The Morgan fingerprint density at radius 3 is 2.80 bits per heavy atom. The summed E-state index contributed by atoms with van der Waals surface area (Å²) in [7, 11) is -1.34. The number of thioether (sulfide) groups is 1. The lowest BCUT2D eigenvalue weighted by atomic mass is 10.2. The predicted molar refractivity (Wildman–Crippen MR) is 103 cm³/mol. The van der Waals surface area contributed by atoms with Crippen molar-refractivity contribution in [2.45, 2.75) is 16.8 Å². The Balaban J connectivity index is 1.62. The highest BCUT2D eigenvalue weighted by Crippen LogP contribution is 2.25. The molecule has 1 aliphatic rings. The molecule has 10 heteroatoms. The van der Waals surface area contributed by atoms with E-state index >= 15 is 0 Å². The van der Waals surface area contributed by atoms with E-state index in [-0.39, 0.29) is 29.2 Å². The molecule has 6 nitrogen and oxygen atoms in total. The van der Waals surface area contributed by atoms with Crippen molar-refractivity contribution in [3.8, 4) is 5.69 Å². The first-order valence-corrected chi connectivity index (χ1v) is 11.6. The molecule has 1 fully saturated rings. The van der Waals surface area contributed by atoms with Crippen molar-refractivity contribution in [2.75, 3.05) is 24.3 Å². The average molecular weight is 416 g/mol. The van der Waals surface area contributed by atoms with Gasteiger partial charge in [-0.15, -0.1) is 5.10 Å². The van der Waals surface area contributed by atoms with Crippen LogP contribution in [0.1, 0.15) is 6.42 Å². The van der Waals surface area contributed by atoms with Crippen LogP contribution in [-0.4, -0.2) is 59.4 Å². The summed E-state index contributed by atoms with van der Waals surface area (Å²) in [6.07, 6.45) is 0.511. The van der Waals surface area contributed by atoms with E-state index in [1.165, 1.54) is 23.1 Å². The second kappa shape index (κ2) is 7.56. The molecular formula is C15H17N3O3S4. The number of carbonyl (C=O) groups is 1. The van der Waals surface area contributed by atoms with E-state index in [4.69, 9.17) is 12.2 Å². The molecular weight excluding hydrogens is 398 g/mol. The highest BCUT2D eigenvalue weighted by molar-refractivity contribution is 8.01. The van der Waals surface area contributed by atoms with Crippen molar-refractivity contribution in [3.63, 3.8) is 0 Å². The van der Waals surface area contributed by atoms with Crippen LogP contribution >= 0.6 is 35.3 Å². The summed E-state index contributed by atoms with van der Waals surface area (Å²) in [4.78, 5) is 13.9. The van der Waals surface area contributed by atoms with E-state index in [0.717, 1.165) is 10.0 Å². The maximum absolute atomic E-state index is 12.3. The van der Waals surface area contributed by atoms with Crippen LogP contribution < -0.4 is 0 Å². The fraction of sp³-hybridized carbons (Fsp3) is 0.400. The quantitative estimate of drug-likeness (QED) is 0.552. The Morgan fingerprint density at radius 1 is 1.44 bits per heavy atom. The summed E-state index contributed by atoms with van der Waals surface area (Å²) < 4.78 is 26.1. The molecule has 0 spiro atoms. The molecule has 2 heterocycles. The molecule has 1 saturated heterocycles. The van der Waals surface area contributed by atoms with E-state index in [9.17, 15) is 13.2 Å². The van der Waals surface area contributed by atoms with Crippen LogP contribution in [0.25, 0.3) is 5.69 Å². The van der Waals surface area contributed by atoms with Crippen LogP contribution in [0.4, 0.5) is 0 Å². The van der Waals surface area contributed by atoms with Crippen LogP contribution in [0.5, 0.6) is 0 Å². The number of benzene rings is 1. The number of hydrogen-bond donors (Lipinski definition) is 0. The van der Waals surface area contributed by atoms with Crippen LogP contribution in [-0.2, 0) is 14.6 Å². The SMILES string of the molecule is CN(C(=O)CSc1nn(-c2ccccc2)c(=S)s1)[C@@H]1CCS(=O)(=O)C1. The molecule has 25 heavy (non-hydrogen) atoms. The molecule has 0 saturated carbocycles. The number of nitrogens with zero attached hydrogens (tertiary/aromatic N) is 3. The minimum atomic E-state index is -3.00. The maximum Gasteiger partial charge on any atom is 0.233 e. The molecule has 1 amide bonds. The summed E-state index contributed by atoms with van der Waals surface area (Å²) in [6.45, 7) is 0. The van der Waals surface area contributed by atoms with E-state index < -0.39 is 9.84 Å². The van der Waals surface area contributed by atoms with Gasteiger partial charge in [0.1, 0.15) is 0 Å². The molecule has 0 bridgehead atoms. The van der Waals surface area contributed by atoms with Crippen LogP contribution in [0.15, 0.2) is 34.7 Å². The topological polar surface area (TPSA) is 72.3 Å². The zero-order chi connectivity index (χ0) is 18.0. The third kappa shape index (κ3) is 4.49. The third-order valence-electron chi connectivity index (χ3n) is 4.00. The Bertz CT molecular complexity index is 921. The molecule has 1 aromatic heterocycles. The lowest BCUT2D eigenvalue weighted by Gasteiger charge is -2.22. The summed E-state index contributed by atoms with van der Waals surface area (Å²) in [5, 5.41) is 4.46. The number of para-hydroxylation sites is 1. The average Bonchev–Trinajstić information content (AvgIpc) is 3.15. The van der Waals surface area contributed by atoms with E-state index in [2.05, 4.69) is 5.10 Å². The molecule has 0 radical (unpaired) electrons. The molecule has 2 aromatic rings. The lowest BCUT2D eigenvalue weighted by Crippen LogP contribution is -2.38. The van der Waals surface area contributed by atoms with Gasteiger partial charge in [0.15, 0.2) is 18.1 Å². The van der Waals surface area contributed by atoms with Gasteiger partial charge >= 0.3 is 0 Å². The van der Waals surface area contributed by atoms with Crippen LogP contribution in [0, 0.1) is 3.95 Å². The number of carbonyl (C=O) groups excluding carboxylic acids is 1. The number of rotatable bonds is 5. The Hall–Kier alpha value is -1.23. The second-order valence-electron chi connectivity index (χ2n) is 5.73. The van der Waals surface area contributed by atoms with E-state index in [0.29, 0.717) is 10.4 Å². The van der Waals surface area contributed by atoms with Gasteiger partial charge in [0.05, 0.1) is 22.9 Å². The fourth-order valence-corrected chi connectivity index (χ4v) is 6.62. The van der Waals surface area contributed by atoms with Crippen molar-refractivity contribution in [1.29, 1.82) is 0 Å². The van der Waals surface area contributed by atoms with Gasteiger partial charge in [0.25, 0.3) is 0 Å². The Kier molecular flexibility index (Phi) is 5.62. The molecule has 3 rings (SSSR count). The van der Waals surface area contributed by atoms with Gasteiger partial charge in [-0.25, -0.2) is 13.1 Å². The normalized spacial score (nSPS) is 19.0. The van der Waals surface area contributed by atoms with Crippen LogP contribution in [0.2, 0.25) is 0 Å². The zero-order valence-electron chi connectivity index (χ0n) is 13.5. The zero-order valence-corrected chi connectivity index (χ0v) is 16.8. The summed E-state index contributed by atoms with van der Waals surface area (Å²) in [6, 6.07) is 9.37. The van der Waals surface area contributed by atoms with Gasteiger partial charge in [-0.3, -0.25) is 4.79 Å². The summed E-state index contributed by atoms with van der Waals surface area (Å²) in [5.74, 6) is 0.330. The first-order chi connectivity index (χ1) is 11.9. The summed E-state index contributed by atoms with van der Waals surface area (Å²) >= 11 is 8.02. The minimum absolute atomic E-state index is 0.0570. The number of sulfone groups is 1. The highest BCUT2D eigenvalue weighted by Gasteiger charge is 2.32. The van der Waals surface area contributed by atoms with Gasteiger partial charge in [-0.05, 0) is 30.8 Å². The smallest absolute Gasteiger partial charge is 0.233 e. The third-order valence-corrected chi connectivity index (χ3v) is 8.10. The van der Waals surface area contributed by atoms with Gasteiger partial charge < -0.3 is 4.90 Å². The van der Waals surface area contributed by atoms with Crippen molar-refractivity contribution in [2.24, 2.45) is 0 Å². The van der Waals surface area contributed by atoms with Gasteiger partial charge in [0, 0.05) is 13.1 Å². The highest BCUT2D eigenvalue weighted by atomic mass is 32.2. The largest absolute Gasteiger partial charge is 0.341 e. The minimum Gasteiger partial charge on any atom is -0.341 e. The van der Waals surface area contributed by atoms with Crippen molar-refractivity contribution in [1.82, 2.24) is 14.7 Å². The molecule has 0 N–H and O–H groups in total. The van der Waals surface area contributed by atoms with E-state index in [1.807, 2.05) is 30.3 Å². The molecule has 0 aliphatic carbocycles. The monoisotopic (exact) mass is 415 g/mol. The number of aromatic nitrogens is 2. The Labute approximate surface area is 159 Å². The first-order valence-electron chi connectivity index (χ1n) is 7.60. The molecule has 0 unspecified atom stereocenters. The first kappa shape index (κ1) is 18.6. The fourth-order valence-electron chi connectivity index (χ4n) is 2.56. The second-order valence-corrected chi connectivity index (χ2v) is 10.8. The van der Waals surface area contributed by atoms with Gasteiger partial charge in [0.2, 0.25) is 5.91 Å². The van der Waals surface area contributed by atoms with Crippen LogP contribution in [0.3, 0.4) is 0 Å². The lowest BCUT2D eigenvalue weighted by molar-refractivity contribution is -0.128. The van der Waals surface area contributed by atoms with Gasteiger partial charge in [-0.2, -0.15) is 0 Å². The number of hydrogen-bond acceptors (Lipinski definition) is 7. The molecule has 1 aliphatic heterocycles. The molecule has 1 aromatic carbocycles. The standard InChI is InChI=1S/C15H17N3O3S4/c1-17(12-7-8-25(20,21)10-12)13(19)9-23-14-16-18(15(22)24-14)11-5-3-2-4-6-11/h2-6,12H,7-10H2,1H3/t12-/m1/s1. The molecule has 1 atom stereocenters. The van der Waals surface area contributed by atoms with Crippen molar-refractivity contribution < 1.29 is 13.2 Å². The predicted octanol–water partition coefficient (Wildman–Crippen LogP) is 2.40. The number of amides is 1. The van der Waals surface area contributed by atoms with E-state index in [1.54, 1.807) is 16.6 Å². The van der Waals surface area contributed by atoms with Gasteiger partial charge in [-0.1, -0.05) is 41.3 Å². The van der Waals surface area contributed by atoms with Crippen molar-refractivity contribution in [3.05, 3.63) is 34.3 Å². The maximum atomic E-state index is 12.3. The molecule has 134 valence electrons. The Morgan fingerprint density at radius 2 is 2.16 bits per heavy atom. The summed E-state index contributed by atoms with van der Waals surface area (Å²) in [5.41, 5.74) is 0.884.